The lowest BCUT2D eigenvalue weighted by Crippen LogP contribution is -2.44. The number of methoxy groups -OCH3 is 1. The zero-order valence-corrected chi connectivity index (χ0v) is 10.7. The van der Waals surface area contributed by atoms with Gasteiger partial charge in [0.05, 0.1) is 19.0 Å². The molecule has 1 aliphatic rings. The van der Waals surface area contributed by atoms with Crippen molar-refractivity contribution in [2.45, 2.75) is 0 Å². The van der Waals surface area contributed by atoms with Gasteiger partial charge in [0, 0.05) is 26.2 Å². The highest BCUT2D eigenvalue weighted by atomic mass is 16.5. The molecule has 2 rings (SSSR count). The van der Waals surface area contributed by atoms with Crippen LogP contribution in [-0.2, 0) is 4.74 Å². The van der Waals surface area contributed by atoms with Gasteiger partial charge in [0.15, 0.2) is 0 Å². The van der Waals surface area contributed by atoms with Gasteiger partial charge >= 0.3 is 6.09 Å². The smallest absolute Gasteiger partial charge is 0.411 e. The van der Waals surface area contributed by atoms with Crippen LogP contribution in [0.1, 0.15) is 0 Å². The van der Waals surface area contributed by atoms with E-state index in [1.807, 2.05) is 12.1 Å². The van der Waals surface area contributed by atoms with Gasteiger partial charge in [0.2, 0.25) is 0 Å². The van der Waals surface area contributed by atoms with Crippen molar-refractivity contribution in [3.8, 4) is 0 Å². The van der Waals surface area contributed by atoms with Gasteiger partial charge in [-0.15, -0.1) is 0 Å². The van der Waals surface area contributed by atoms with Crippen molar-refractivity contribution in [3.05, 3.63) is 18.3 Å². The van der Waals surface area contributed by atoms with E-state index in [0.29, 0.717) is 5.69 Å². The molecular weight excluding hydrogens is 232 g/mol. The summed E-state index contributed by atoms with van der Waals surface area (Å²) in [5, 5.41) is 2.58. The lowest BCUT2D eigenvalue weighted by Gasteiger charge is -2.33. The first-order valence-electron chi connectivity index (χ1n) is 5.93. The number of hydrogen-bond acceptors (Lipinski definition) is 5. The largest absolute Gasteiger partial charge is 0.453 e. The van der Waals surface area contributed by atoms with Crippen LogP contribution >= 0.6 is 0 Å². The van der Waals surface area contributed by atoms with Crippen LogP contribution in [0.15, 0.2) is 18.3 Å². The Bertz CT molecular complexity index is 399. The number of nitrogens with one attached hydrogen (secondary N) is 1. The summed E-state index contributed by atoms with van der Waals surface area (Å²) in [5.41, 5.74) is 0.639. The number of anilines is 2. The third-order valence-corrected chi connectivity index (χ3v) is 3.01. The van der Waals surface area contributed by atoms with Gasteiger partial charge in [-0.05, 0) is 19.2 Å². The van der Waals surface area contributed by atoms with Crippen LogP contribution in [-0.4, -0.2) is 56.3 Å². The van der Waals surface area contributed by atoms with E-state index < -0.39 is 6.09 Å². The number of piperazine rings is 1. The van der Waals surface area contributed by atoms with Crippen LogP contribution in [0.4, 0.5) is 16.3 Å². The highest BCUT2D eigenvalue weighted by molar-refractivity contribution is 5.84. The highest BCUT2D eigenvalue weighted by Gasteiger charge is 2.15. The lowest BCUT2D eigenvalue weighted by molar-refractivity contribution is 0.187. The molecule has 1 aromatic heterocycles. The predicted molar refractivity (Wildman–Crippen MR) is 70.0 cm³/mol. The molecule has 0 radical (unpaired) electrons. The van der Waals surface area contributed by atoms with Crippen LogP contribution in [0.3, 0.4) is 0 Å². The highest BCUT2D eigenvalue weighted by Crippen LogP contribution is 2.15. The van der Waals surface area contributed by atoms with E-state index in [1.54, 1.807) is 6.20 Å². The molecule has 1 aromatic rings. The topological polar surface area (TPSA) is 57.7 Å². The number of carbonyl (C=O) groups excluding carboxylic acids is 1. The quantitative estimate of drug-likeness (QED) is 0.849. The molecule has 1 aliphatic heterocycles. The van der Waals surface area contributed by atoms with Crippen LogP contribution in [0.5, 0.6) is 0 Å². The molecule has 0 aromatic carbocycles. The average Bonchev–Trinajstić information content (AvgIpc) is 2.40. The molecule has 0 spiro atoms. The molecule has 6 nitrogen and oxygen atoms in total. The van der Waals surface area contributed by atoms with Gasteiger partial charge in [-0.1, -0.05) is 0 Å². The average molecular weight is 250 g/mol. The number of rotatable bonds is 2. The summed E-state index contributed by atoms with van der Waals surface area (Å²) in [5.74, 6) is 0.943. The lowest BCUT2D eigenvalue weighted by atomic mass is 10.3. The van der Waals surface area contributed by atoms with Crippen molar-refractivity contribution in [1.29, 1.82) is 0 Å². The van der Waals surface area contributed by atoms with Crippen LogP contribution in [0, 0.1) is 0 Å². The number of nitrogens with zero attached hydrogens (tertiary/aromatic N) is 3. The third kappa shape index (κ3) is 3.10. The molecule has 1 saturated heterocycles. The number of pyridine rings is 1. The third-order valence-electron chi connectivity index (χ3n) is 3.01. The van der Waals surface area contributed by atoms with E-state index in [2.05, 4.69) is 31.9 Å². The fourth-order valence-corrected chi connectivity index (χ4v) is 1.85. The minimum atomic E-state index is -0.482. The Balaban J connectivity index is 1.97. The van der Waals surface area contributed by atoms with Crippen molar-refractivity contribution >= 4 is 17.6 Å². The molecule has 0 unspecified atom stereocenters. The summed E-state index contributed by atoms with van der Waals surface area (Å²) >= 11 is 0. The van der Waals surface area contributed by atoms with Gasteiger partial charge in [0.1, 0.15) is 5.82 Å². The van der Waals surface area contributed by atoms with Gasteiger partial charge in [-0.3, -0.25) is 5.32 Å². The zero-order chi connectivity index (χ0) is 13.0. The van der Waals surface area contributed by atoms with E-state index in [0.717, 1.165) is 32.0 Å². The second-order valence-electron chi connectivity index (χ2n) is 4.31. The Hall–Kier alpha value is -1.82. The van der Waals surface area contributed by atoms with E-state index >= 15 is 0 Å². The van der Waals surface area contributed by atoms with Crippen molar-refractivity contribution in [1.82, 2.24) is 9.88 Å². The fraction of sp³-hybridized carbons (Fsp3) is 0.500. The molecular formula is C12H18N4O2. The van der Waals surface area contributed by atoms with Crippen LogP contribution in [0.25, 0.3) is 0 Å². The Labute approximate surface area is 107 Å². The number of carbonyl (C=O) groups is 1. The number of amides is 1. The summed E-state index contributed by atoms with van der Waals surface area (Å²) in [6.45, 7) is 4.05. The normalized spacial score (nSPS) is 16.4. The van der Waals surface area contributed by atoms with Crippen molar-refractivity contribution in [2.75, 3.05) is 50.6 Å². The summed E-state index contributed by atoms with van der Waals surface area (Å²) in [6.07, 6.45) is 1.16. The maximum absolute atomic E-state index is 11.0. The number of ether oxygens (including phenoxy) is 1. The minimum Gasteiger partial charge on any atom is -0.453 e. The van der Waals surface area contributed by atoms with Gasteiger partial charge < -0.3 is 14.5 Å². The van der Waals surface area contributed by atoms with Gasteiger partial charge in [-0.25, -0.2) is 9.78 Å². The SMILES string of the molecule is COC(=O)Nc1ccc(N2CCN(C)CC2)nc1. The van der Waals surface area contributed by atoms with Crippen molar-refractivity contribution in [3.63, 3.8) is 0 Å². The molecule has 98 valence electrons. The first-order chi connectivity index (χ1) is 8.69. The molecule has 6 heteroatoms. The summed E-state index contributed by atoms with van der Waals surface area (Å²) in [4.78, 5) is 19.9. The molecule has 0 aliphatic carbocycles. The first kappa shape index (κ1) is 12.6. The monoisotopic (exact) mass is 250 g/mol. The molecule has 1 N–H and O–H groups in total. The zero-order valence-electron chi connectivity index (χ0n) is 10.7. The molecule has 18 heavy (non-hydrogen) atoms. The number of hydrogen-bond donors (Lipinski definition) is 1. The fourth-order valence-electron chi connectivity index (χ4n) is 1.85. The first-order valence-corrected chi connectivity index (χ1v) is 5.93. The molecule has 0 bridgehead atoms. The molecule has 0 atom stereocenters. The molecule has 1 fully saturated rings. The van der Waals surface area contributed by atoms with Crippen molar-refractivity contribution < 1.29 is 9.53 Å². The van der Waals surface area contributed by atoms with E-state index in [9.17, 15) is 4.79 Å². The molecule has 0 saturated carbocycles. The van der Waals surface area contributed by atoms with E-state index in [4.69, 9.17) is 0 Å². The standard InChI is InChI=1S/C12H18N4O2/c1-15-5-7-16(8-6-15)11-4-3-10(9-13-11)14-12(17)18-2/h3-4,9H,5-8H2,1-2H3,(H,14,17). The Morgan fingerprint density at radius 1 is 1.33 bits per heavy atom. The van der Waals surface area contributed by atoms with Gasteiger partial charge in [-0.2, -0.15) is 0 Å². The van der Waals surface area contributed by atoms with E-state index in [1.165, 1.54) is 7.11 Å². The second kappa shape index (κ2) is 5.68. The summed E-state index contributed by atoms with van der Waals surface area (Å²) in [7, 11) is 3.45. The summed E-state index contributed by atoms with van der Waals surface area (Å²) < 4.78 is 4.52. The molecule has 1 amide bonds. The summed E-state index contributed by atoms with van der Waals surface area (Å²) in [6, 6.07) is 3.74. The van der Waals surface area contributed by atoms with Crippen LogP contribution < -0.4 is 10.2 Å². The second-order valence-corrected chi connectivity index (χ2v) is 4.31. The minimum absolute atomic E-state index is 0.482. The van der Waals surface area contributed by atoms with Crippen molar-refractivity contribution in [2.24, 2.45) is 0 Å². The Morgan fingerprint density at radius 2 is 2.06 bits per heavy atom. The molecule has 2 heterocycles. The Kier molecular flexibility index (Phi) is 3.99. The van der Waals surface area contributed by atoms with Gasteiger partial charge in [0.25, 0.3) is 0 Å². The predicted octanol–water partition coefficient (Wildman–Crippen LogP) is 1.01. The number of aromatic nitrogens is 1. The van der Waals surface area contributed by atoms with E-state index in [-0.39, 0.29) is 0 Å². The van der Waals surface area contributed by atoms with Crippen LogP contribution in [0.2, 0.25) is 0 Å². The maximum atomic E-state index is 11.0. The number of likely N-dealkylation sites (N-methyl/N-ethyl adjacent to an activating group) is 1. The maximum Gasteiger partial charge on any atom is 0.411 e. The Morgan fingerprint density at radius 3 is 2.61 bits per heavy atom.